The molecule has 1 N–H and O–H groups in total. The third kappa shape index (κ3) is 2.65. The highest BCUT2D eigenvalue weighted by Crippen LogP contribution is 2.27. The van der Waals surface area contributed by atoms with Crippen LogP contribution in [0.2, 0.25) is 0 Å². The Morgan fingerprint density at radius 1 is 1.28 bits per heavy atom. The molecule has 0 spiro atoms. The SMILES string of the molecule is c1ccc2c(SCC3CCCNC3)ncnc2c1. The summed E-state index contributed by atoms with van der Waals surface area (Å²) in [5.74, 6) is 1.92. The van der Waals surface area contributed by atoms with Gasteiger partial charge in [-0.1, -0.05) is 18.2 Å². The maximum atomic E-state index is 4.42. The normalized spacial score (nSPS) is 20.1. The van der Waals surface area contributed by atoms with Gasteiger partial charge >= 0.3 is 0 Å². The smallest absolute Gasteiger partial charge is 0.117 e. The Morgan fingerprint density at radius 3 is 3.11 bits per heavy atom. The number of thioether (sulfide) groups is 1. The Labute approximate surface area is 111 Å². The van der Waals surface area contributed by atoms with Crippen molar-refractivity contribution in [1.82, 2.24) is 15.3 Å². The molecule has 18 heavy (non-hydrogen) atoms. The lowest BCUT2D eigenvalue weighted by Gasteiger charge is -2.22. The molecule has 4 heteroatoms. The van der Waals surface area contributed by atoms with Crippen LogP contribution in [-0.2, 0) is 0 Å². The van der Waals surface area contributed by atoms with Gasteiger partial charge in [-0.05, 0) is 37.9 Å². The first kappa shape index (κ1) is 11.9. The Kier molecular flexibility index (Phi) is 3.76. The molecular formula is C14H17N3S. The van der Waals surface area contributed by atoms with Gasteiger partial charge in [-0.2, -0.15) is 0 Å². The molecule has 1 aliphatic heterocycles. The van der Waals surface area contributed by atoms with E-state index in [1.165, 1.54) is 24.8 Å². The molecule has 1 unspecified atom stereocenters. The number of hydrogen-bond donors (Lipinski definition) is 1. The van der Waals surface area contributed by atoms with E-state index in [1.807, 2.05) is 23.9 Å². The van der Waals surface area contributed by atoms with Crippen molar-refractivity contribution in [3.8, 4) is 0 Å². The Morgan fingerprint density at radius 2 is 2.22 bits per heavy atom. The summed E-state index contributed by atoms with van der Waals surface area (Å²) in [5, 5.41) is 5.75. The van der Waals surface area contributed by atoms with E-state index in [2.05, 4.69) is 27.4 Å². The Hall–Kier alpha value is -1.13. The molecule has 0 bridgehead atoms. The van der Waals surface area contributed by atoms with Gasteiger partial charge in [0.2, 0.25) is 0 Å². The van der Waals surface area contributed by atoms with Gasteiger partial charge in [-0.15, -0.1) is 11.8 Å². The average Bonchev–Trinajstić information content (AvgIpc) is 2.46. The molecular weight excluding hydrogens is 242 g/mol. The van der Waals surface area contributed by atoms with Crippen LogP contribution in [0.15, 0.2) is 35.6 Å². The number of aromatic nitrogens is 2. The van der Waals surface area contributed by atoms with Crippen molar-refractivity contribution in [3.05, 3.63) is 30.6 Å². The molecule has 1 aliphatic rings. The molecule has 3 nitrogen and oxygen atoms in total. The lowest BCUT2D eigenvalue weighted by molar-refractivity contribution is 0.410. The number of hydrogen-bond acceptors (Lipinski definition) is 4. The fraction of sp³-hybridized carbons (Fsp3) is 0.429. The quantitative estimate of drug-likeness (QED) is 0.679. The van der Waals surface area contributed by atoms with Gasteiger partial charge in [0.1, 0.15) is 11.4 Å². The number of rotatable bonds is 3. The highest BCUT2D eigenvalue weighted by Gasteiger charge is 2.14. The van der Waals surface area contributed by atoms with E-state index in [9.17, 15) is 0 Å². The topological polar surface area (TPSA) is 37.8 Å². The van der Waals surface area contributed by atoms with Gasteiger partial charge in [0.05, 0.1) is 5.52 Å². The van der Waals surface area contributed by atoms with Crippen LogP contribution in [0, 0.1) is 5.92 Å². The average molecular weight is 259 g/mol. The van der Waals surface area contributed by atoms with Crippen molar-refractivity contribution in [3.63, 3.8) is 0 Å². The predicted octanol–water partition coefficient (Wildman–Crippen LogP) is 2.72. The molecule has 0 saturated carbocycles. The third-order valence-electron chi connectivity index (χ3n) is 3.36. The monoisotopic (exact) mass is 259 g/mol. The molecule has 94 valence electrons. The van der Waals surface area contributed by atoms with E-state index in [0.717, 1.165) is 28.8 Å². The second kappa shape index (κ2) is 5.67. The summed E-state index contributed by atoms with van der Waals surface area (Å²) in [4.78, 5) is 8.72. The van der Waals surface area contributed by atoms with Crippen molar-refractivity contribution < 1.29 is 0 Å². The second-order valence-corrected chi connectivity index (χ2v) is 5.73. The minimum absolute atomic E-state index is 0.775. The summed E-state index contributed by atoms with van der Waals surface area (Å²) in [5.41, 5.74) is 1.04. The summed E-state index contributed by atoms with van der Waals surface area (Å²) >= 11 is 1.87. The van der Waals surface area contributed by atoms with E-state index in [1.54, 1.807) is 6.33 Å². The molecule has 0 aliphatic carbocycles. The summed E-state index contributed by atoms with van der Waals surface area (Å²) in [6.45, 7) is 2.33. The van der Waals surface area contributed by atoms with Gasteiger partial charge in [0.25, 0.3) is 0 Å². The van der Waals surface area contributed by atoms with Crippen LogP contribution in [-0.4, -0.2) is 28.8 Å². The summed E-state index contributed by atoms with van der Waals surface area (Å²) < 4.78 is 0. The van der Waals surface area contributed by atoms with Gasteiger partial charge in [-0.25, -0.2) is 9.97 Å². The van der Waals surface area contributed by atoms with Crippen molar-refractivity contribution in [2.24, 2.45) is 5.92 Å². The minimum atomic E-state index is 0.775. The highest BCUT2D eigenvalue weighted by molar-refractivity contribution is 7.99. The molecule has 1 atom stereocenters. The maximum Gasteiger partial charge on any atom is 0.117 e. The number of benzene rings is 1. The zero-order chi connectivity index (χ0) is 12.2. The third-order valence-corrected chi connectivity index (χ3v) is 4.60. The van der Waals surface area contributed by atoms with Crippen LogP contribution in [0.25, 0.3) is 10.9 Å². The van der Waals surface area contributed by atoms with E-state index < -0.39 is 0 Å². The molecule has 2 heterocycles. The fourth-order valence-electron chi connectivity index (χ4n) is 2.36. The zero-order valence-electron chi connectivity index (χ0n) is 10.3. The first-order valence-corrected chi connectivity index (χ1v) is 7.45. The van der Waals surface area contributed by atoms with E-state index >= 15 is 0 Å². The first-order valence-electron chi connectivity index (χ1n) is 6.47. The van der Waals surface area contributed by atoms with E-state index in [0.29, 0.717) is 0 Å². The largest absolute Gasteiger partial charge is 0.316 e. The van der Waals surface area contributed by atoms with Crippen LogP contribution >= 0.6 is 11.8 Å². The van der Waals surface area contributed by atoms with Crippen molar-refractivity contribution in [2.75, 3.05) is 18.8 Å². The first-order chi connectivity index (χ1) is 8.93. The molecule has 0 amide bonds. The van der Waals surface area contributed by atoms with Crippen molar-refractivity contribution in [1.29, 1.82) is 0 Å². The van der Waals surface area contributed by atoms with Crippen LogP contribution in [0.5, 0.6) is 0 Å². The van der Waals surface area contributed by atoms with E-state index in [-0.39, 0.29) is 0 Å². The number of nitrogens with zero attached hydrogens (tertiary/aromatic N) is 2. The van der Waals surface area contributed by atoms with Crippen LogP contribution in [0.4, 0.5) is 0 Å². The molecule has 2 aromatic rings. The van der Waals surface area contributed by atoms with Gasteiger partial charge in [-0.3, -0.25) is 0 Å². The van der Waals surface area contributed by atoms with Crippen molar-refractivity contribution in [2.45, 2.75) is 17.9 Å². The Bertz CT molecular complexity index is 518. The van der Waals surface area contributed by atoms with Gasteiger partial charge in [0.15, 0.2) is 0 Å². The Balaban J connectivity index is 1.74. The molecule has 1 saturated heterocycles. The molecule has 1 aromatic carbocycles. The number of fused-ring (bicyclic) bond motifs is 1. The fourth-order valence-corrected chi connectivity index (χ4v) is 3.49. The van der Waals surface area contributed by atoms with Gasteiger partial charge in [0, 0.05) is 11.1 Å². The number of piperidine rings is 1. The molecule has 0 radical (unpaired) electrons. The van der Waals surface area contributed by atoms with E-state index in [4.69, 9.17) is 0 Å². The molecule has 1 fully saturated rings. The standard InChI is InChI=1S/C14H17N3S/c1-2-6-13-12(5-1)14(17-10-16-13)18-9-11-4-3-7-15-8-11/h1-2,5-6,10-11,15H,3-4,7-9H2. The number of para-hydroxylation sites is 1. The molecule has 3 rings (SSSR count). The zero-order valence-corrected chi connectivity index (χ0v) is 11.1. The second-order valence-electron chi connectivity index (χ2n) is 4.72. The van der Waals surface area contributed by atoms with Crippen LogP contribution in [0.3, 0.4) is 0 Å². The predicted molar refractivity (Wildman–Crippen MR) is 75.9 cm³/mol. The number of nitrogens with one attached hydrogen (secondary N) is 1. The minimum Gasteiger partial charge on any atom is -0.316 e. The lowest BCUT2D eigenvalue weighted by Crippen LogP contribution is -2.30. The molecule has 1 aromatic heterocycles. The van der Waals surface area contributed by atoms with Crippen LogP contribution < -0.4 is 5.32 Å². The summed E-state index contributed by atoms with van der Waals surface area (Å²) in [6, 6.07) is 8.23. The van der Waals surface area contributed by atoms with Crippen molar-refractivity contribution >= 4 is 22.7 Å². The maximum absolute atomic E-state index is 4.42. The summed E-state index contributed by atoms with van der Waals surface area (Å²) in [6.07, 6.45) is 4.31. The summed E-state index contributed by atoms with van der Waals surface area (Å²) in [7, 11) is 0. The van der Waals surface area contributed by atoms with Crippen LogP contribution in [0.1, 0.15) is 12.8 Å². The highest BCUT2D eigenvalue weighted by atomic mass is 32.2. The van der Waals surface area contributed by atoms with Gasteiger partial charge < -0.3 is 5.32 Å². The lowest BCUT2D eigenvalue weighted by atomic mass is 10.0.